The molecule has 2 N–H and O–H groups in total. The van der Waals surface area contributed by atoms with Crippen LogP contribution in [0.4, 0.5) is 0 Å². The molecule has 1 atom stereocenters. The molecule has 0 bridgehead atoms. The number of rotatable bonds is 9. The Kier molecular flexibility index (Phi) is 8.55. The van der Waals surface area contributed by atoms with Crippen molar-refractivity contribution in [2.75, 3.05) is 40.5 Å². The summed E-state index contributed by atoms with van der Waals surface area (Å²) in [6, 6.07) is 6.23. The molecule has 1 saturated heterocycles. The smallest absolute Gasteiger partial charge is 0.191 e. The minimum Gasteiger partial charge on any atom is -0.491 e. The lowest BCUT2D eigenvalue weighted by molar-refractivity contribution is 0.105. The first-order valence-electron chi connectivity index (χ1n) is 9.00. The average molecular weight is 349 g/mol. The molecule has 1 aromatic carbocycles. The van der Waals surface area contributed by atoms with Crippen LogP contribution >= 0.6 is 0 Å². The molecule has 0 aliphatic carbocycles. The van der Waals surface area contributed by atoms with E-state index in [0.29, 0.717) is 25.9 Å². The lowest BCUT2D eigenvalue weighted by Crippen LogP contribution is -2.38. The van der Waals surface area contributed by atoms with Crippen LogP contribution in [-0.4, -0.2) is 52.6 Å². The van der Waals surface area contributed by atoms with Crippen LogP contribution in [0.1, 0.15) is 30.4 Å². The minimum atomic E-state index is 0.392. The monoisotopic (exact) mass is 349 g/mol. The molecule has 1 aliphatic rings. The van der Waals surface area contributed by atoms with Gasteiger partial charge < -0.3 is 24.8 Å². The molecule has 0 amide bonds. The number of methoxy groups -OCH3 is 1. The average Bonchev–Trinajstić information content (AvgIpc) is 3.13. The van der Waals surface area contributed by atoms with Gasteiger partial charge in [-0.2, -0.15) is 0 Å². The third-order valence-electron chi connectivity index (χ3n) is 4.22. The summed E-state index contributed by atoms with van der Waals surface area (Å²) < 4.78 is 16.5. The Bertz CT molecular complexity index is 543. The summed E-state index contributed by atoms with van der Waals surface area (Å²) in [6.45, 7) is 5.59. The van der Waals surface area contributed by atoms with Crippen molar-refractivity contribution in [1.29, 1.82) is 0 Å². The van der Waals surface area contributed by atoms with Crippen molar-refractivity contribution < 1.29 is 14.2 Å². The molecule has 140 valence electrons. The number of hydrogen-bond donors (Lipinski definition) is 2. The summed E-state index contributed by atoms with van der Waals surface area (Å²) in [7, 11) is 3.46. The lowest BCUT2D eigenvalue weighted by Gasteiger charge is -2.16. The van der Waals surface area contributed by atoms with Crippen LogP contribution in [0.2, 0.25) is 0 Å². The van der Waals surface area contributed by atoms with Gasteiger partial charge in [-0.3, -0.25) is 4.99 Å². The fourth-order valence-electron chi connectivity index (χ4n) is 2.80. The molecule has 0 spiro atoms. The number of ether oxygens (including phenoxy) is 3. The van der Waals surface area contributed by atoms with Gasteiger partial charge in [-0.25, -0.2) is 0 Å². The molecule has 1 unspecified atom stereocenters. The minimum absolute atomic E-state index is 0.392. The molecule has 6 nitrogen and oxygen atoms in total. The van der Waals surface area contributed by atoms with E-state index in [1.165, 1.54) is 18.4 Å². The van der Waals surface area contributed by atoms with Crippen molar-refractivity contribution in [2.24, 2.45) is 4.99 Å². The Labute approximate surface area is 151 Å². The van der Waals surface area contributed by atoms with E-state index in [1.54, 1.807) is 14.2 Å². The van der Waals surface area contributed by atoms with Crippen molar-refractivity contribution in [3.05, 3.63) is 29.3 Å². The number of nitrogens with one attached hydrogen (secondary N) is 2. The van der Waals surface area contributed by atoms with Gasteiger partial charge in [0, 0.05) is 39.4 Å². The number of aryl methyl sites for hydroxylation is 1. The normalized spacial score (nSPS) is 17.6. The Balaban J connectivity index is 1.81. The van der Waals surface area contributed by atoms with Crippen LogP contribution < -0.4 is 15.4 Å². The molecule has 0 radical (unpaired) electrons. The predicted octanol–water partition coefficient (Wildman–Crippen LogP) is 2.25. The maximum atomic E-state index is 5.83. The third-order valence-corrected chi connectivity index (χ3v) is 4.22. The first-order valence-corrected chi connectivity index (χ1v) is 9.00. The summed E-state index contributed by atoms with van der Waals surface area (Å²) in [5.74, 6) is 1.68. The van der Waals surface area contributed by atoms with E-state index in [4.69, 9.17) is 14.2 Å². The molecule has 2 rings (SSSR count). The SMILES string of the molecule is CN=C(NCCC1CCCO1)NCc1ccc(C)cc1OCCOC. The number of benzene rings is 1. The van der Waals surface area contributed by atoms with Gasteiger partial charge in [-0.05, 0) is 37.8 Å². The zero-order chi connectivity index (χ0) is 17.9. The van der Waals surface area contributed by atoms with Gasteiger partial charge >= 0.3 is 0 Å². The molecule has 0 aromatic heterocycles. The second-order valence-electron chi connectivity index (χ2n) is 6.23. The highest BCUT2D eigenvalue weighted by molar-refractivity contribution is 5.79. The fourth-order valence-corrected chi connectivity index (χ4v) is 2.80. The summed E-state index contributed by atoms with van der Waals surface area (Å²) in [6.07, 6.45) is 3.75. The Morgan fingerprint density at radius 1 is 1.32 bits per heavy atom. The van der Waals surface area contributed by atoms with E-state index in [2.05, 4.69) is 40.7 Å². The van der Waals surface area contributed by atoms with Gasteiger partial charge in [0.25, 0.3) is 0 Å². The van der Waals surface area contributed by atoms with E-state index in [0.717, 1.165) is 36.8 Å². The molecule has 1 heterocycles. The van der Waals surface area contributed by atoms with Gasteiger partial charge in [0.15, 0.2) is 5.96 Å². The zero-order valence-electron chi connectivity index (χ0n) is 15.6. The summed E-state index contributed by atoms with van der Waals surface area (Å²) >= 11 is 0. The Hall–Kier alpha value is -1.79. The molecule has 25 heavy (non-hydrogen) atoms. The molecular weight excluding hydrogens is 318 g/mol. The standard InChI is InChI=1S/C19H31N3O3/c1-15-6-7-16(18(13-15)25-12-11-23-3)14-22-19(20-2)21-9-8-17-5-4-10-24-17/h6-7,13,17H,4-5,8-12,14H2,1-3H3,(H2,20,21,22). The molecule has 6 heteroatoms. The predicted molar refractivity (Wildman–Crippen MR) is 100 cm³/mol. The summed E-state index contributed by atoms with van der Waals surface area (Å²) in [5.41, 5.74) is 2.28. The number of aliphatic imine (C=N–C) groups is 1. The van der Waals surface area contributed by atoms with Crippen LogP contribution in [0.3, 0.4) is 0 Å². The van der Waals surface area contributed by atoms with Crippen molar-refractivity contribution in [3.63, 3.8) is 0 Å². The van der Waals surface area contributed by atoms with Crippen molar-refractivity contribution in [1.82, 2.24) is 10.6 Å². The highest BCUT2D eigenvalue weighted by atomic mass is 16.5. The van der Waals surface area contributed by atoms with E-state index in [-0.39, 0.29) is 0 Å². The maximum Gasteiger partial charge on any atom is 0.191 e. The van der Waals surface area contributed by atoms with Crippen molar-refractivity contribution >= 4 is 5.96 Å². The van der Waals surface area contributed by atoms with Gasteiger partial charge in [0.2, 0.25) is 0 Å². The molecule has 1 fully saturated rings. The summed E-state index contributed by atoms with van der Waals surface area (Å²) in [5, 5.41) is 6.70. The largest absolute Gasteiger partial charge is 0.491 e. The topological polar surface area (TPSA) is 64.1 Å². The first kappa shape index (κ1) is 19.5. The van der Waals surface area contributed by atoms with E-state index in [1.807, 2.05) is 0 Å². The lowest BCUT2D eigenvalue weighted by atomic mass is 10.1. The van der Waals surface area contributed by atoms with Gasteiger partial charge in [0.1, 0.15) is 12.4 Å². The molecular formula is C19H31N3O3. The highest BCUT2D eigenvalue weighted by Crippen LogP contribution is 2.20. The highest BCUT2D eigenvalue weighted by Gasteiger charge is 2.14. The van der Waals surface area contributed by atoms with Crippen LogP contribution in [0.15, 0.2) is 23.2 Å². The van der Waals surface area contributed by atoms with Crippen LogP contribution in [0.25, 0.3) is 0 Å². The van der Waals surface area contributed by atoms with Gasteiger partial charge in [-0.15, -0.1) is 0 Å². The second kappa shape index (κ2) is 10.9. The van der Waals surface area contributed by atoms with Crippen LogP contribution in [0, 0.1) is 6.92 Å². The third kappa shape index (κ3) is 6.92. The van der Waals surface area contributed by atoms with Crippen LogP contribution in [0.5, 0.6) is 5.75 Å². The van der Waals surface area contributed by atoms with E-state index >= 15 is 0 Å². The molecule has 0 saturated carbocycles. The molecule has 1 aromatic rings. The van der Waals surface area contributed by atoms with E-state index in [9.17, 15) is 0 Å². The van der Waals surface area contributed by atoms with Gasteiger partial charge in [-0.1, -0.05) is 12.1 Å². The maximum absolute atomic E-state index is 5.83. The molecule has 1 aliphatic heterocycles. The zero-order valence-corrected chi connectivity index (χ0v) is 15.6. The van der Waals surface area contributed by atoms with Crippen molar-refractivity contribution in [2.45, 2.75) is 38.8 Å². The summed E-state index contributed by atoms with van der Waals surface area (Å²) in [4.78, 5) is 4.28. The van der Waals surface area contributed by atoms with Gasteiger partial charge in [0.05, 0.1) is 12.7 Å². The number of hydrogen-bond acceptors (Lipinski definition) is 4. The van der Waals surface area contributed by atoms with E-state index < -0.39 is 0 Å². The number of nitrogens with zero attached hydrogens (tertiary/aromatic N) is 1. The Morgan fingerprint density at radius 2 is 2.20 bits per heavy atom. The quantitative estimate of drug-likeness (QED) is 0.407. The fraction of sp³-hybridized carbons (Fsp3) is 0.632. The number of guanidine groups is 1. The Morgan fingerprint density at radius 3 is 2.92 bits per heavy atom. The second-order valence-corrected chi connectivity index (χ2v) is 6.23. The first-order chi connectivity index (χ1) is 12.2. The van der Waals surface area contributed by atoms with Crippen LogP contribution in [-0.2, 0) is 16.0 Å². The van der Waals surface area contributed by atoms with Crippen molar-refractivity contribution in [3.8, 4) is 5.75 Å².